The average molecular weight is 160 g/mol. The summed E-state index contributed by atoms with van der Waals surface area (Å²) in [5.41, 5.74) is -0.559. The molecule has 0 fully saturated rings. The van der Waals surface area contributed by atoms with E-state index in [0.29, 0.717) is 4.53 Å². The van der Waals surface area contributed by atoms with Crippen LogP contribution in [0.5, 0.6) is 0 Å². The molecule has 0 aromatic heterocycles. The summed E-state index contributed by atoms with van der Waals surface area (Å²) in [4.78, 5) is 0. The molecule has 0 unspecified atom stereocenters. The lowest BCUT2D eigenvalue weighted by atomic mass is 10.8. The molecule has 0 amide bonds. The van der Waals surface area contributed by atoms with E-state index in [1.54, 1.807) is 0 Å². The van der Waals surface area contributed by atoms with E-state index in [9.17, 15) is 4.48 Å². The Labute approximate surface area is 56.1 Å². The zero-order chi connectivity index (χ0) is 6.57. The van der Waals surface area contributed by atoms with E-state index in [1.165, 1.54) is 6.92 Å². The molecule has 0 bridgehead atoms. The molecule has 6 heteroatoms. The van der Waals surface area contributed by atoms with Crippen molar-refractivity contribution in [2.75, 3.05) is 0 Å². The lowest BCUT2D eigenvalue weighted by Crippen LogP contribution is -2.09. The Balaban J connectivity index is 3.47. The fourth-order valence-corrected chi connectivity index (χ4v) is 0.168. The van der Waals surface area contributed by atoms with Gasteiger partial charge in [0.25, 0.3) is 0 Å². The van der Waals surface area contributed by atoms with Crippen LogP contribution in [0.15, 0.2) is 10.6 Å². The molecule has 0 aromatic rings. The van der Waals surface area contributed by atoms with Crippen molar-refractivity contribution in [3.8, 4) is 0 Å². The van der Waals surface area contributed by atoms with Crippen LogP contribution in [0.2, 0.25) is 0 Å². The third-order valence-electron chi connectivity index (χ3n) is 0.413. The molecule has 0 saturated heterocycles. The van der Waals surface area contributed by atoms with E-state index in [-0.39, 0.29) is 0 Å². The molecular weight excluding hydrogens is 156 g/mol. The minimum atomic E-state index is -0.559. The summed E-state index contributed by atoms with van der Waals surface area (Å²) >= 11 is 10.4. The lowest BCUT2D eigenvalue weighted by molar-refractivity contribution is 0.359. The van der Waals surface area contributed by atoms with Crippen molar-refractivity contribution in [1.29, 1.82) is 0 Å². The third kappa shape index (κ3) is 2.98. The van der Waals surface area contributed by atoms with Gasteiger partial charge in [0, 0.05) is 17.1 Å². The van der Waals surface area contributed by atoms with Crippen molar-refractivity contribution >= 4 is 23.4 Å². The predicted octanol–water partition coefficient (Wildman–Crippen LogP) is 2.28. The highest BCUT2D eigenvalue weighted by atomic mass is 35.5. The van der Waals surface area contributed by atoms with Crippen LogP contribution in [-0.2, 0) is 0 Å². The molecular formula is C2H4Cl2FN3. The molecule has 0 N–H and O–H groups in total. The molecule has 1 atom stereocenters. The largest absolute Gasteiger partial charge is 0.167 e. The molecule has 8 heavy (non-hydrogen) atoms. The van der Waals surface area contributed by atoms with Crippen molar-refractivity contribution in [2.45, 2.75) is 12.4 Å². The zero-order valence-corrected chi connectivity index (χ0v) is 5.56. The Kier molecular flexibility index (Phi) is 3.81. The van der Waals surface area contributed by atoms with E-state index < -0.39 is 5.50 Å². The van der Waals surface area contributed by atoms with Crippen LogP contribution in [0.3, 0.4) is 0 Å². The highest BCUT2D eigenvalue weighted by Gasteiger charge is 2.02. The minimum Gasteiger partial charge on any atom is -0.167 e. The molecule has 0 heterocycles. The second-order valence-corrected chi connectivity index (χ2v) is 2.01. The van der Waals surface area contributed by atoms with Gasteiger partial charge in [-0.25, -0.2) is 0 Å². The van der Waals surface area contributed by atoms with Gasteiger partial charge in [-0.3, -0.25) is 0 Å². The molecule has 48 valence electrons. The van der Waals surface area contributed by atoms with Gasteiger partial charge < -0.3 is 0 Å². The van der Waals surface area contributed by atoms with Gasteiger partial charge in [0.05, 0.1) is 0 Å². The van der Waals surface area contributed by atoms with Gasteiger partial charge in [0.2, 0.25) is 0 Å². The van der Waals surface area contributed by atoms with Gasteiger partial charge in [0.1, 0.15) is 5.50 Å². The van der Waals surface area contributed by atoms with Crippen molar-refractivity contribution in [1.82, 2.24) is 4.53 Å². The van der Waals surface area contributed by atoms with Crippen molar-refractivity contribution in [3.63, 3.8) is 0 Å². The molecule has 0 rings (SSSR count). The number of hydrogen-bond donors (Lipinski definition) is 0. The summed E-state index contributed by atoms with van der Waals surface area (Å²) in [6, 6.07) is 0. The minimum absolute atomic E-state index is 0.559. The summed E-state index contributed by atoms with van der Waals surface area (Å²) in [6.07, 6.45) is 0. The third-order valence-corrected chi connectivity index (χ3v) is 1.06. The fourth-order valence-electron chi connectivity index (χ4n) is 0.103. The second kappa shape index (κ2) is 3.86. The molecule has 0 aromatic carbocycles. The number of alkyl halides is 1. The summed E-state index contributed by atoms with van der Waals surface area (Å²) in [5.74, 6) is 0. The van der Waals surface area contributed by atoms with Gasteiger partial charge >= 0.3 is 0 Å². The molecule has 0 aliphatic heterocycles. The Bertz CT molecular complexity index is 85.4. The first kappa shape index (κ1) is 7.91. The Hall–Kier alpha value is -0.0900. The van der Waals surface area contributed by atoms with Crippen LogP contribution in [0.1, 0.15) is 6.92 Å². The molecule has 0 aliphatic rings. The fraction of sp³-hybridized carbons (Fsp3) is 1.00. The Morgan fingerprint density at radius 1 is 1.75 bits per heavy atom. The summed E-state index contributed by atoms with van der Waals surface area (Å²) in [6.45, 7) is 1.53. The van der Waals surface area contributed by atoms with E-state index in [4.69, 9.17) is 23.4 Å². The molecule has 0 aliphatic carbocycles. The maximum Gasteiger partial charge on any atom is 0.137 e. The van der Waals surface area contributed by atoms with Crippen LogP contribution in [0.4, 0.5) is 4.48 Å². The number of rotatable bonds is 2. The van der Waals surface area contributed by atoms with Crippen LogP contribution in [0, 0.1) is 0 Å². The standard InChI is InChI=1S/C2H4Cl2FN3/c1-2(3)8(4)7-6-5/h2H,1H3/t2-/m0/s1. The molecule has 0 radical (unpaired) electrons. The molecule has 0 saturated carbocycles. The normalized spacial score (nSPS) is 14.5. The van der Waals surface area contributed by atoms with Crippen LogP contribution < -0.4 is 0 Å². The van der Waals surface area contributed by atoms with Gasteiger partial charge in [-0.05, 0) is 12.1 Å². The van der Waals surface area contributed by atoms with E-state index in [0.717, 1.165) is 0 Å². The maximum atomic E-state index is 10.9. The second-order valence-electron chi connectivity index (χ2n) is 1.03. The quantitative estimate of drug-likeness (QED) is 0.200. The summed E-state index contributed by atoms with van der Waals surface area (Å²) in [5, 5.41) is 4.64. The number of hydrogen-bond acceptors (Lipinski definition) is 2. The lowest BCUT2D eigenvalue weighted by Gasteiger charge is -2.06. The maximum absolute atomic E-state index is 10.9. The van der Waals surface area contributed by atoms with Crippen molar-refractivity contribution < 1.29 is 4.48 Å². The molecule has 0 spiro atoms. The zero-order valence-electron chi connectivity index (χ0n) is 4.05. The van der Waals surface area contributed by atoms with Gasteiger partial charge in [-0.1, -0.05) is 16.1 Å². The smallest absolute Gasteiger partial charge is 0.137 e. The average Bonchev–Trinajstić information content (AvgIpc) is 1.67. The van der Waals surface area contributed by atoms with Crippen LogP contribution in [-0.4, -0.2) is 10.0 Å². The van der Waals surface area contributed by atoms with Crippen molar-refractivity contribution in [3.05, 3.63) is 0 Å². The summed E-state index contributed by atoms with van der Waals surface area (Å²) in [7, 11) is 0. The van der Waals surface area contributed by atoms with E-state index in [1.807, 2.05) is 5.34 Å². The van der Waals surface area contributed by atoms with Crippen LogP contribution >= 0.6 is 23.4 Å². The Morgan fingerprint density at radius 2 is 2.25 bits per heavy atom. The first-order valence-corrected chi connectivity index (χ1v) is 2.57. The molecule has 3 nitrogen and oxygen atoms in total. The monoisotopic (exact) mass is 159 g/mol. The van der Waals surface area contributed by atoms with E-state index in [2.05, 4.69) is 5.22 Å². The topological polar surface area (TPSA) is 28.0 Å². The first-order chi connectivity index (χ1) is 3.68. The highest BCUT2D eigenvalue weighted by Crippen LogP contribution is 2.07. The van der Waals surface area contributed by atoms with Gasteiger partial charge in [0.15, 0.2) is 0 Å². The highest BCUT2D eigenvalue weighted by molar-refractivity contribution is 6.24. The van der Waals surface area contributed by atoms with Gasteiger partial charge in [-0.15, -0.1) is 0 Å². The van der Waals surface area contributed by atoms with Gasteiger partial charge in [-0.2, -0.15) is 4.53 Å². The van der Waals surface area contributed by atoms with E-state index >= 15 is 0 Å². The predicted molar refractivity (Wildman–Crippen MR) is 29.0 cm³/mol. The number of halogens is 3. The Morgan fingerprint density at radius 3 is 2.38 bits per heavy atom. The SMILES string of the molecule is C[C@@H](Cl)N(Cl)N=NF. The summed E-state index contributed by atoms with van der Waals surface area (Å²) < 4.78 is 11.5. The van der Waals surface area contributed by atoms with Crippen LogP contribution in [0.25, 0.3) is 0 Å². The first-order valence-electron chi connectivity index (χ1n) is 1.79. The van der Waals surface area contributed by atoms with Crippen molar-refractivity contribution in [2.24, 2.45) is 10.6 Å². The number of nitrogens with zero attached hydrogens (tertiary/aromatic N) is 3.